The minimum Gasteiger partial charge on any atom is -0.462 e. The Kier molecular flexibility index (Phi) is 2.37. The number of rotatable bonds is 1. The zero-order valence-electron chi connectivity index (χ0n) is 16.4. The molecular formula is C22H27NO5. The molecule has 0 amide bonds. The van der Waals surface area contributed by atoms with Crippen LogP contribution in [0.1, 0.15) is 46.0 Å². The number of hydrogen-bond donors (Lipinski definition) is 2. The number of nitrogens with zero attached hydrogens (tertiary/aromatic N) is 1. The fourth-order valence-corrected chi connectivity index (χ4v) is 10.6. The molecule has 3 aliphatic heterocycles. The van der Waals surface area contributed by atoms with Crippen molar-refractivity contribution in [2.75, 3.05) is 6.54 Å². The van der Waals surface area contributed by atoms with E-state index in [1.807, 2.05) is 0 Å². The molecule has 6 aliphatic carbocycles. The van der Waals surface area contributed by atoms with Crippen LogP contribution in [0.5, 0.6) is 0 Å². The summed E-state index contributed by atoms with van der Waals surface area (Å²) in [5.41, 5.74) is -2.39. The zero-order valence-corrected chi connectivity index (χ0v) is 16.4. The summed E-state index contributed by atoms with van der Waals surface area (Å²) in [5.74, 6) is -0.281. The van der Waals surface area contributed by atoms with Gasteiger partial charge in [0, 0.05) is 60.9 Å². The van der Waals surface area contributed by atoms with Crippen molar-refractivity contribution in [3.8, 4) is 0 Å². The minimum absolute atomic E-state index is 0.0358. The predicted molar refractivity (Wildman–Crippen MR) is 96.6 cm³/mol. The van der Waals surface area contributed by atoms with E-state index >= 15 is 0 Å². The maximum absolute atomic E-state index is 13.0. The van der Waals surface area contributed by atoms with Gasteiger partial charge < -0.3 is 14.9 Å². The molecule has 11 atom stereocenters. The van der Waals surface area contributed by atoms with Crippen LogP contribution in [-0.4, -0.2) is 56.9 Å². The SMILES string of the molecule is C=C1C[C@]23C[C@@]4(O)[C@@H]5[C@@]6(C)CC(=O)C[C@]57[C@@H]([C@H]2[C@@H](OC(C)=O)[C@H]1C[C@]37O)N4C6. The number of ketones is 1. The molecular weight excluding hydrogens is 358 g/mol. The average Bonchev–Trinajstić information content (AvgIpc) is 2.89. The van der Waals surface area contributed by atoms with Gasteiger partial charge in [0.05, 0.1) is 5.60 Å². The molecule has 9 aliphatic rings. The van der Waals surface area contributed by atoms with Gasteiger partial charge in [-0.25, -0.2) is 0 Å². The van der Waals surface area contributed by atoms with Crippen LogP contribution in [0.3, 0.4) is 0 Å². The van der Waals surface area contributed by atoms with Crippen molar-refractivity contribution in [3.05, 3.63) is 12.2 Å². The van der Waals surface area contributed by atoms with Crippen LogP contribution in [0.25, 0.3) is 0 Å². The number of carbonyl (C=O) groups excluding carboxylic acids is 2. The summed E-state index contributed by atoms with van der Waals surface area (Å²) in [4.78, 5) is 27.1. The molecule has 150 valence electrons. The Hall–Kier alpha value is -1.24. The van der Waals surface area contributed by atoms with Crippen LogP contribution in [0.2, 0.25) is 0 Å². The molecule has 0 aromatic carbocycles. The summed E-state index contributed by atoms with van der Waals surface area (Å²) < 4.78 is 5.89. The molecule has 6 heteroatoms. The number of fused-ring (bicyclic) bond motifs is 1. The summed E-state index contributed by atoms with van der Waals surface area (Å²) >= 11 is 0. The summed E-state index contributed by atoms with van der Waals surface area (Å²) in [6.07, 6.45) is 2.19. The Balaban J connectivity index is 1.53. The number of esters is 1. The van der Waals surface area contributed by atoms with Gasteiger partial charge in [-0.2, -0.15) is 0 Å². The minimum atomic E-state index is -0.999. The van der Waals surface area contributed by atoms with Crippen molar-refractivity contribution in [2.45, 2.75) is 69.4 Å². The normalized spacial score (nSPS) is 66.7. The van der Waals surface area contributed by atoms with Crippen LogP contribution in [0.15, 0.2) is 12.2 Å². The van der Waals surface area contributed by atoms with E-state index in [0.717, 1.165) is 5.57 Å². The van der Waals surface area contributed by atoms with Crippen molar-refractivity contribution >= 4 is 11.8 Å². The fourth-order valence-electron chi connectivity index (χ4n) is 10.6. The van der Waals surface area contributed by atoms with E-state index in [4.69, 9.17) is 4.74 Å². The topological polar surface area (TPSA) is 87.1 Å². The molecule has 1 unspecified atom stereocenters. The number of ether oxygens (including phenoxy) is 1. The second-order valence-electron chi connectivity index (χ2n) is 11.4. The third kappa shape index (κ3) is 1.20. The van der Waals surface area contributed by atoms with Crippen molar-refractivity contribution in [2.24, 2.45) is 34.0 Å². The molecule has 9 rings (SSSR count). The maximum atomic E-state index is 13.0. The van der Waals surface area contributed by atoms with E-state index in [1.54, 1.807) is 0 Å². The first-order valence-electron chi connectivity index (χ1n) is 10.6. The summed E-state index contributed by atoms with van der Waals surface area (Å²) in [6.45, 7) is 8.54. The van der Waals surface area contributed by atoms with E-state index in [1.165, 1.54) is 6.92 Å². The Morgan fingerprint density at radius 1 is 1.29 bits per heavy atom. The summed E-state index contributed by atoms with van der Waals surface area (Å²) in [5, 5.41) is 24.4. The quantitative estimate of drug-likeness (QED) is 0.517. The lowest BCUT2D eigenvalue weighted by molar-refractivity contribution is -0.302. The van der Waals surface area contributed by atoms with E-state index in [-0.39, 0.29) is 47.1 Å². The Labute approximate surface area is 163 Å². The maximum Gasteiger partial charge on any atom is 0.302 e. The Morgan fingerprint density at radius 3 is 2.75 bits per heavy atom. The van der Waals surface area contributed by atoms with Crippen molar-refractivity contribution < 1.29 is 24.5 Å². The monoisotopic (exact) mass is 385 g/mol. The van der Waals surface area contributed by atoms with Crippen LogP contribution >= 0.6 is 0 Å². The highest BCUT2D eigenvalue weighted by atomic mass is 16.5. The van der Waals surface area contributed by atoms with Crippen LogP contribution < -0.4 is 0 Å². The van der Waals surface area contributed by atoms with Crippen LogP contribution in [0, 0.1) is 34.0 Å². The molecule has 28 heavy (non-hydrogen) atoms. The first-order valence-corrected chi connectivity index (χ1v) is 10.6. The smallest absolute Gasteiger partial charge is 0.302 e. The van der Waals surface area contributed by atoms with Gasteiger partial charge in [0.2, 0.25) is 0 Å². The highest BCUT2D eigenvalue weighted by molar-refractivity contribution is 5.83. The van der Waals surface area contributed by atoms with Crippen molar-refractivity contribution in [3.63, 3.8) is 0 Å². The van der Waals surface area contributed by atoms with E-state index in [2.05, 4.69) is 18.4 Å². The number of piperidine rings is 2. The molecule has 6 nitrogen and oxygen atoms in total. The van der Waals surface area contributed by atoms with Gasteiger partial charge in [-0.1, -0.05) is 19.1 Å². The molecule has 3 heterocycles. The van der Waals surface area contributed by atoms with Crippen molar-refractivity contribution in [1.29, 1.82) is 0 Å². The average molecular weight is 385 g/mol. The molecule has 2 N–H and O–H groups in total. The second-order valence-corrected chi connectivity index (χ2v) is 11.4. The lowest BCUT2D eigenvalue weighted by Gasteiger charge is -2.69. The number of Topliss-reactive ketones (excluding diaryl/α,β-unsaturated/α-hetero) is 1. The lowest BCUT2D eigenvalue weighted by Crippen LogP contribution is -2.75. The molecule has 3 saturated heterocycles. The van der Waals surface area contributed by atoms with Crippen LogP contribution in [-0.2, 0) is 14.3 Å². The third-order valence-corrected chi connectivity index (χ3v) is 10.4. The first kappa shape index (κ1) is 16.5. The van der Waals surface area contributed by atoms with Crippen LogP contribution in [0.4, 0.5) is 0 Å². The molecule has 0 aromatic rings. The number of hydrogen-bond acceptors (Lipinski definition) is 6. The standard InChI is InChI=1S/C22H27NO5/c1-10-4-19-8-21(26)17-18(3)5-12(25)6-20(17)16(23(21)9-18)14(19)15(28-11(2)24)13(10)7-22(19,20)27/h13-17,26-27H,1,4-9H2,2-3H3/t13-,14+,15-,16+,17+,18-,19-,20-,21+,22-/m0/s1. The van der Waals surface area contributed by atoms with Crippen molar-refractivity contribution in [1.82, 2.24) is 4.90 Å². The number of aliphatic hydroxyl groups is 2. The van der Waals surface area contributed by atoms with E-state index < -0.39 is 22.2 Å². The van der Waals surface area contributed by atoms with Gasteiger partial charge in [-0.05, 0) is 24.7 Å². The highest BCUT2D eigenvalue weighted by Gasteiger charge is 2.97. The van der Waals surface area contributed by atoms with E-state index in [9.17, 15) is 19.8 Å². The van der Waals surface area contributed by atoms with Gasteiger partial charge in [0.25, 0.3) is 0 Å². The highest BCUT2D eigenvalue weighted by Crippen LogP contribution is 2.90. The molecule has 2 spiro atoms. The van der Waals surface area contributed by atoms with Gasteiger partial charge in [0.15, 0.2) is 0 Å². The molecule has 9 bridgehead atoms. The Morgan fingerprint density at radius 2 is 2.04 bits per heavy atom. The third-order valence-electron chi connectivity index (χ3n) is 10.4. The first-order chi connectivity index (χ1) is 13.0. The number of carbonyl (C=O) groups is 2. The summed E-state index contributed by atoms with van der Waals surface area (Å²) in [7, 11) is 0. The molecule has 0 radical (unpaired) electrons. The molecule has 9 fully saturated rings. The predicted octanol–water partition coefficient (Wildman–Crippen LogP) is 1.01. The molecule has 6 saturated carbocycles. The van der Waals surface area contributed by atoms with Gasteiger partial charge in [0.1, 0.15) is 17.6 Å². The lowest BCUT2D eigenvalue weighted by atomic mass is 9.37. The van der Waals surface area contributed by atoms with Gasteiger partial charge in [-0.15, -0.1) is 0 Å². The van der Waals surface area contributed by atoms with E-state index in [0.29, 0.717) is 38.6 Å². The fraction of sp³-hybridized carbons (Fsp3) is 0.818. The summed E-state index contributed by atoms with van der Waals surface area (Å²) in [6, 6.07) is -0.0963. The Bertz CT molecular complexity index is 917. The largest absolute Gasteiger partial charge is 0.462 e. The van der Waals surface area contributed by atoms with Gasteiger partial charge >= 0.3 is 5.97 Å². The molecule has 0 aromatic heterocycles. The second kappa shape index (κ2) is 4.01. The van der Waals surface area contributed by atoms with Gasteiger partial charge in [-0.3, -0.25) is 14.5 Å². The zero-order chi connectivity index (χ0) is 19.6.